The lowest BCUT2D eigenvalue weighted by atomic mass is 10.0. The Balaban J connectivity index is 2.56. The normalized spacial score (nSPS) is 19.8. The first-order chi connectivity index (χ1) is 6.33. The van der Waals surface area contributed by atoms with Gasteiger partial charge in [0.15, 0.2) is 0 Å². The number of hydrazone groups is 1. The van der Waals surface area contributed by atoms with Crippen molar-refractivity contribution < 1.29 is 4.79 Å². The van der Waals surface area contributed by atoms with Crippen molar-refractivity contribution in [3.8, 4) is 0 Å². The summed E-state index contributed by atoms with van der Waals surface area (Å²) in [6.07, 6.45) is 0.849. The Hall–Kier alpha value is -1.16. The van der Waals surface area contributed by atoms with E-state index >= 15 is 0 Å². The second kappa shape index (κ2) is 3.30. The predicted molar refractivity (Wildman–Crippen MR) is 53.8 cm³/mol. The molecule has 0 aromatic heterocycles. The second-order valence-corrected chi connectivity index (χ2v) is 3.48. The van der Waals surface area contributed by atoms with Gasteiger partial charge in [-0.1, -0.05) is 24.3 Å². The molecule has 0 bridgehead atoms. The summed E-state index contributed by atoms with van der Waals surface area (Å²) >= 11 is 3.32. The minimum Gasteiger partial charge on any atom is -0.301 e. The molecule has 1 N–H and O–H groups in total. The van der Waals surface area contributed by atoms with Crippen LogP contribution in [0.4, 0.5) is 0 Å². The van der Waals surface area contributed by atoms with Gasteiger partial charge in [0.25, 0.3) is 0 Å². The van der Waals surface area contributed by atoms with Crippen LogP contribution >= 0.6 is 15.9 Å². The molecule has 1 heterocycles. The Morgan fingerprint density at radius 2 is 2.23 bits per heavy atom. The van der Waals surface area contributed by atoms with E-state index in [0.717, 1.165) is 22.0 Å². The summed E-state index contributed by atoms with van der Waals surface area (Å²) in [5.41, 5.74) is 4.68. The zero-order valence-electron chi connectivity index (χ0n) is 6.70. The van der Waals surface area contributed by atoms with Crippen LogP contribution in [0.1, 0.15) is 17.2 Å². The van der Waals surface area contributed by atoms with Gasteiger partial charge in [-0.15, -0.1) is 0 Å². The number of carbonyl (C=O) groups excluding carboxylic acids is 1. The average Bonchev–Trinajstić information content (AvgIpc) is 2.19. The van der Waals surface area contributed by atoms with Crippen molar-refractivity contribution in [2.24, 2.45) is 5.10 Å². The number of nitrogens with one attached hydrogen (secondary N) is 1. The highest BCUT2D eigenvalue weighted by Crippen LogP contribution is 2.23. The van der Waals surface area contributed by atoms with Crippen molar-refractivity contribution in [3.05, 3.63) is 35.4 Å². The Morgan fingerprint density at radius 1 is 1.46 bits per heavy atom. The van der Waals surface area contributed by atoms with Gasteiger partial charge >= 0.3 is 0 Å². The number of carbonyl (C=O) groups is 1. The van der Waals surface area contributed by atoms with Gasteiger partial charge in [-0.2, -0.15) is 5.10 Å². The van der Waals surface area contributed by atoms with Crippen LogP contribution < -0.4 is 5.43 Å². The predicted octanol–water partition coefficient (Wildman–Crippen LogP) is 1.59. The second-order valence-electron chi connectivity index (χ2n) is 2.73. The van der Waals surface area contributed by atoms with Gasteiger partial charge in [0.1, 0.15) is 16.9 Å². The molecule has 4 heteroatoms. The van der Waals surface area contributed by atoms with Crippen LogP contribution in [-0.2, 0) is 4.79 Å². The Morgan fingerprint density at radius 3 is 3.00 bits per heavy atom. The highest BCUT2D eigenvalue weighted by atomic mass is 79.9. The fourth-order valence-electron chi connectivity index (χ4n) is 1.32. The molecule has 0 amide bonds. The summed E-state index contributed by atoms with van der Waals surface area (Å²) in [6.45, 7) is 0. The van der Waals surface area contributed by atoms with E-state index in [0.29, 0.717) is 0 Å². The first-order valence-corrected chi connectivity index (χ1v) is 4.65. The van der Waals surface area contributed by atoms with E-state index in [4.69, 9.17) is 0 Å². The molecule has 1 aromatic carbocycles. The summed E-state index contributed by atoms with van der Waals surface area (Å²) in [4.78, 5) is 10.7. The topological polar surface area (TPSA) is 41.5 Å². The molecule has 1 atom stereocenters. The molecule has 1 aromatic rings. The van der Waals surface area contributed by atoms with Gasteiger partial charge in [0, 0.05) is 5.56 Å². The van der Waals surface area contributed by atoms with Crippen molar-refractivity contribution >= 4 is 26.8 Å². The first-order valence-electron chi connectivity index (χ1n) is 3.86. The lowest BCUT2D eigenvalue weighted by Crippen LogP contribution is -2.24. The summed E-state index contributed by atoms with van der Waals surface area (Å²) in [7, 11) is 0. The molecule has 0 spiro atoms. The lowest BCUT2D eigenvalue weighted by molar-refractivity contribution is -0.109. The van der Waals surface area contributed by atoms with E-state index < -0.39 is 0 Å². The molecule has 13 heavy (non-hydrogen) atoms. The number of aldehydes is 1. The minimum absolute atomic E-state index is 0.322. The third-order valence-electron chi connectivity index (χ3n) is 1.96. The number of nitrogens with zero attached hydrogens (tertiary/aromatic N) is 1. The first kappa shape index (κ1) is 8.44. The quantitative estimate of drug-likeness (QED) is 0.756. The fraction of sp³-hybridized carbons (Fsp3) is 0.111. The third-order valence-corrected chi connectivity index (χ3v) is 2.56. The van der Waals surface area contributed by atoms with Crippen LogP contribution in [0.5, 0.6) is 0 Å². The van der Waals surface area contributed by atoms with E-state index in [9.17, 15) is 4.79 Å². The summed E-state index contributed by atoms with van der Waals surface area (Å²) in [5, 5.41) is 3.98. The Bertz CT molecular complexity index is 376. The average molecular weight is 239 g/mol. The van der Waals surface area contributed by atoms with Gasteiger partial charge in [-0.3, -0.25) is 5.43 Å². The number of rotatable bonds is 1. The largest absolute Gasteiger partial charge is 0.301 e. The minimum atomic E-state index is -0.322. The van der Waals surface area contributed by atoms with Gasteiger partial charge < -0.3 is 4.79 Å². The Kier molecular flexibility index (Phi) is 2.14. The van der Waals surface area contributed by atoms with Crippen molar-refractivity contribution in [3.63, 3.8) is 0 Å². The maximum absolute atomic E-state index is 10.7. The van der Waals surface area contributed by atoms with Crippen molar-refractivity contribution in [1.82, 2.24) is 5.43 Å². The zero-order chi connectivity index (χ0) is 9.26. The van der Waals surface area contributed by atoms with E-state index in [2.05, 4.69) is 26.5 Å². The van der Waals surface area contributed by atoms with Crippen LogP contribution in [0.3, 0.4) is 0 Å². The molecule has 0 fully saturated rings. The Labute approximate surface area is 84.0 Å². The smallest absolute Gasteiger partial charge is 0.148 e. The summed E-state index contributed by atoms with van der Waals surface area (Å²) in [5.74, 6) is 0. The fourth-order valence-corrected chi connectivity index (χ4v) is 1.78. The van der Waals surface area contributed by atoms with Gasteiger partial charge in [0.05, 0.1) is 0 Å². The number of benzene rings is 1. The van der Waals surface area contributed by atoms with Crippen LogP contribution in [-0.4, -0.2) is 10.9 Å². The van der Waals surface area contributed by atoms with Crippen molar-refractivity contribution in [1.29, 1.82) is 0 Å². The number of fused-ring (bicyclic) bond motifs is 1. The number of hydrogen-bond acceptors (Lipinski definition) is 3. The van der Waals surface area contributed by atoms with Gasteiger partial charge in [-0.05, 0) is 21.5 Å². The van der Waals surface area contributed by atoms with Gasteiger partial charge in [-0.25, -0.2) is 0 Å². The molecule has 0 saturated carbocycles. The molecule has 1 unspecified atom stereocenters. The zero-order valence-corrected chi connectivity index (χ0v) is 8.28. The highest BCUT2D eigenvalue weighted by molar-refractivity contribution is 9.18. The van der Waals surface area contributed by atoms with Crippen LogP contribution in [0, 0.1) is 0 Å². The van der Waals surface area contributed by atoms with Crippen molar-refractivity contribution in [2.45, 2.75) is 6.04 Å². The maximum Gasteiger partial charge on any atom is 0.148 e. The van der Waals surface area contributed by atoms with Crippen molar-refractivity contribution in [2.75, 3.05) is 0 Å². The van der Waals surface area contributed by atoms with Crippen LogP contribution in [0.15, 0.2) is 29.4 Å². The number of hydrogen-bond donors (Lipinski definition) is 1. The molecular weight excluding hydrogens is 232 g/mol. The van der Waals surface area contributed by atoms with Crippen LogP contribution in [0.2, 0.25) is 0 Å². The highest BCUT2D eigenvalue weighted by Gasteiger charge is 2.19. The van der Waals surface area contributed by atoms with E-state index in [-0.39, 0.29) is 6.04 Å². The molecule has 3 nitrogen and oxygen atoms in total. The molecule has 0 radical (unpaired) electrons. The molecule has 66 valence electrons. The summed E-state index contributed by atoms with van der Waals surface area (Å²) < 4.78 is 0.737. The number of halogens is 1. The summed E-state index contributed by atoms with van der Waals surface area (Å²) in [6, 6.07) is 7.35. The standard InChI is InChI=1S/C9H7BrN2O/c10-9-7-4-2-1-3-6(7)8(5-13)11-12-9/h1-5,8,11H. The van der Waals surface area contributed by atoms with E-state index in [1.165, 1.54) is 0 Å². The lowest BCUT2D eigenvalue weighted by Gasteiger charge is -2.19. The molecule has 1 aliphatic rings. The molecule has 2 rings (SSSR count). The molecule has 1 aliphatic heterocycles. The molecular formula is C9H7BrN2O. The molecule has 0 saturated heterocycles. The third kappa shape index (κ3) is 1.37. The SMILES string of the molecule is O=CC1NN=C(Br)c2ccccc21. The van der Waals surface area contributed by atoms with Gasteiger partial charge in [0.2, 0.25) is 0 Å². The molecule has 0 aliphatic carbocycles. The monoisotopic (exact) mass is 238 g/mol. The van der Waals surface area contributed by atoms with E-state index in [1.807, 2.05) is 24.3 Å². The van der Waals surface area contributed by atoms with Crippen LogP contribution in [0.25, 0.3) is 0 Å². The maximum atomic E-state index is 10.7. The van der Waals surface area contributed by atoms with E-state index in [1.54, 1.807) is 0 Å².